The number of fused-ring (bicyclic) bond motifs is 1. The SMILES string of the molecule is CC1(C(=O)NCC(c2ccccc2Cl)c2c[nH]c3ccccc23)CC1(Cl)Cl. The highest BCUT2D eigenvalue weighted by Crippen LogP contribution is 2.63. The number of aromatic nitrogens is 1. The van der Waals surface area contributed by atoms with E-state index in [1.807, 2.05) is 48.7 Å². The summed E-state index contributed by atoms with van der Waals surface area (Å²) in [4.78, 5) is 16.0. The first-order valence-corrected chi connectivity index (χ1v) is 9.93. The Balaban J connectivity index is 1.67. The Hall–Kier alpha value is -1.68. The lowest BCUT2D eigenvalue weighted by Gasteiger charge is -2.21. The topological polar surface area (TPSA) is 44.9 Å². The average molecular weight is 422 g/mol. The average Bonchev–Trinajstić information content (AvgIpc) is 2.99. The van der Waals surface area contributed by atoms with Gasteiger partial charge in [-0.1, -0.05) is 48.0 Å². The summed E-state index contributed by atoms with van der Waals surface area (Å²) in [5.74, 6) is -0.231. The van der Waals surface area contributed by atoms with Crippen LogP contribution < -0.4 is 5.32 Å². The van der Waals surface area contributed by atoms with E-state index in [0.29, 0.717) is 18.0 Å². The number of carbonyl (C=O) groups is 1. The Labute approximate surface area is 173 Å². The number of alkyl halides is 2. The zero-order valence-corrected chi connectivity index (χ0v) is 17.0. The molecule has 0 aliphatic heterocycles. The fourth-order valence-electron chi connectivity index (χ4n) is 3.56. The molecule has 2 atom stereocenters. The number of hydrogen-bond donors (Lipinski definition) is 2. The zero-order chi connectivity index (χ0) is 19.2. The molecule has 1 amide bonds. The summed E-state index contributed by atoms with van der Waals surface area (Å²) in [6, 6.07) is 15.8. The minimum atomic E-state index is -0.988. The maximum Gasteiger partial charge on any atom is 0.229 e. The van der Waals surface area contributed by atoms with Crippen molar-refractivity contribution in [3.8, 4) is 0 Å². The van der Waals surface area contributed by atoms with Crippen LogP contribution in [-0.2, 0) is 4.79 Å². The number of nitrogens with one attached hydrogen (secondary N) is 2. The third kappa shape index (κ3) is 3.22. The Morgan fingerprint density at radius 2 is 1.81 bits per heavy atom. The molecule has 1 aliphatic rings. The van der Waals surface area contributed by atoms with E-state index in [9.17, 15) is 4.79 Å². The van der Waals surface area contributed by atoms with E-state index >= 15 is 0 Å². The molecule has 4 rings (SSSR count). The summed E-state index contributed by atoms with van der Waals surface area (Å²) in [7, 11) is 0. The Kier molecular flexibility index (Phi) is 4.66. The van der Waals surface area contributed by atoms with Crippen molar-refractivity contribution in [1.29, 1.82) is 0 Å². The predicted octanol–water partition coefficient (Wildman–Crippen LogP) is 5.65. The van der Waals surface area contributed by atoms with Crippen molar-refractivity contribution in [3.63, 3.8) is 0 Å². The second-order valence-corrected chi connectivity index (χ2v) is 9.18. The van der Waals surface area contributed by atoms with Gasteiger partial charge in [0, 0.05) is 34.6 Å². The first kappa shape index (κ1) is 18.7. The quantitative estimate of drug-likeness (QED) is 0.513. The molecule has 1 fully saturated rings. The Bertz CT molecular complexity index is 1010. The minimum Gasteiger partial charge on any atom is -0.361 e. The van der Waals surface area contributed by atoms with Crippen LogP contribution in [-0.4, -0.2) is 21.8 Å². The van der Waals surface area contributed by atoms with Crippen molar-refractivity contribution in [2.75, 3.05) is 6.54 Å². The molecule has 1 aliphatic carbocycles. The smallest absolute Gasteiger partial charge is 0.229 e. The van der Waals surface area contributed by atoms with Gasteiger partial charge in [0.1, 0.15) is 4.33 Å². The molecular formula is C21H19Cl3N2O. The number of carbonyl (C=O) groups excluding carboxylic acids is 1. The van der Waals surface area contributed by atoms with Crippen LogP contribution >= 0.6 is 34.8 Å². The Morgan fingerprint density at radius 3 is 2.52 bits per heavy atom. The van der Waals surface area contributed by atoms with Gasteiger partial charge in [-0.05, 0) is 36.6 Å². The monoisotopic (exact) mass is 420 g/mol. The first-order chi connectivity index (χ1) is 12.8. The molecule has 2 aromatic carbocycles. The van der Waals surface area contributed by atoms with Crippen LogP contribution in [0, 0.1) is 5.41 Å². The van der Waals surface area contributed by atoms with Gasteiger partial charge in [0.15, 0.2) is 0 Å². The van der Waals surface area contributed by atoms with Crippen molar-refractivity contribution < 1.29 is 4.79 Å². The van der Waals surface area contributed by atoms with Gasteiger partial charge < -0.3 is 10.3 Å². The van der Waals surface area contributed by atoms with Crippen LogP contribution in [0.15, 0.2) is 54.7 Å². The van der Waals surface area contributed by atoms with Crippen LogP contribution in [0.2, 0.25) is 5.02 Å². The molecule has 1 saturated carbocycles. The fourth-order valence-corrected chi connectivity index (χ4v) is 4.54. The molecule has 1 aromatic heterocycles. The fraction of sp³-hybridized carbons (Fsp3) is 0.286. The third-order valence-electron chi connectivity index (χ3n) is 5.50. The van der Waals surface area contributed by atoms with Crippen molar-refractivity contribution in [2.45, 2.75) is 23.6 Å². The van der Waals surface area contributed by atoms with Crippen molar-refractivity contribution in [1.82, 2.24) is 10.3 Å². The molecular weight excluding hydrogens is 403 g/mol. The number of amides is 1. The highest BCUT2D eigenvalue weighted by Gasteiger charge is 2.67. The van der Waals surface area contributed by atoms with E-state index in [4.69, 9.17) is 34.8 Å². The van der Waals surface area contributed by atoms with E-state index in [1.165, 1.54) is 0 Å². The number of benzene rings is 2. The van der Waals surface area contributed by atoms with Gasteiger partial charge in [0.05, 0.1) is 5.41 Å². The molecule has 0 radical (unpaired) electrons. The van der Waals surface area contributed by atoms with Gasteiger partial charge in [0.25, 0.3) is 0 Å². The van der Waals surface area contributed by atoms with E-state index in [0.717, 1.165) is 22.0 Å². The van der Waals surface area contributed by atoms with Gasteiger partial charge >= 0.3 is 0 Å². The molecule has 27 heavy (non-hydrogen) atoms. The van der Waals surface area contributed by atoms with Gasteiger partial charge in [0.2, 0.25) is 5.91 Å². The summed E-state index contributed by atoms with van der Waals surface area (Å²) in [6.45, 7) is 2.20. The number of para-hydroxylation sites is 1. The van der Waals surface area contributed by atoms with Gasteiger partial charge in [-0.15, -0.1) is 23.2 Å². The van der Waals surface area contributed by atoms with Crippen molar-refractivity contribution in [2.24, 2.45) is 5.41 Å². The molecule has 1 heterocycles. The van der Waals surface area contributed by atoms with E-state index < -0.39 is 9.75 Å². The van der Waals surface area contributed by atoms with Gasteiger partial charge in [-0.2, -0.15) is 0 Å². The highest BCUT2D eigenvalue weighted by atomic mass is 35.5. The predicted molar refractivity (Wildman–Crippen MR) is 112 cm³/mol. The van der Waals surface area contributed by atoms with Crippen LogP contribution in [0.3, 0.4) is 0 Å². The molecule has 2 N–H and O–H groups in total. The maximum atomic E-state index is 12.7. The lowest BCUT2D eigenvalue weighted by molar-refractivity contribution is -0.125. The highest BCUT2D eigenvalue weighted by molar-refractivity contribution is 6.53. The van der Waals surface area contributed by atoms with E-state index in [1.54, 1.807) is 6.92 Å². The molecule has 0 bridgehead atoms. The van der Waals surface area contributed by atoms with E-state index in [2.05, 4.69) is 16.4 Å². The summed E-state index contributed by atoms with van der Waals surface area (Å²) in [6.07, 6.45) is 2.44. The molecule has 3 aromatic rings. The molecule has 6 heteroatoms. The largest absolute Gasteiger partial charge is 0.361 e. The number of hydrogen-bond acceptors (Lipinski definition) is 1. The van der Waals surface area contributed by atoms with Crippen LogP contribution in [0.25, 0.3) is 10.9 Å². The molecule has 0 spiro atoms. The summed E-state index contributed by atoms with van der Waals surface area (Å²) in [5, 5.41) is 4.82. The first-order valence-electron chi connectivity index (χ1n) is 8.80. The normalized spacial score (nSPS) is 21.8. The van der Waals surface area contributed by atoms with Crippen molar-refractivity contribution >= 4 is 51.6 Å². The summed E-state index contributed by atoms with van der Waals surface area (Å²) >= 11 is 18.8. The molecule has 0 saturated heterocycles. The second-order valence-electron chi connectivity index (χ2n) is 7.29. The maximum absolute atomic E-state index is 12.7. The van der Waals surface area contributed by atoms with Crippen LogP contribution in [0.4, 0.5) is 0 Å². The molecule has 140 valence electrons. The summed E-state index contributed by atoms with van der Waals surface area (Å²) in [5.41, 5.74) is 2.35. The van der Waals surface area contributed by atoms with Gasteiger partial charge in [-0.25, -0.2) is 0 Å². The molecule has 3 nitrogen and oxygen atoms in total. The van der Waals surface area contributed by atoms with Crippen LogP contribution in [0.1, 0.15) is 30.4 Å². The summed E-state index contributed by atoms with van der Waals surface area (Å²) < 4.78 is -0.988. The van der Waals surface area contributed by atoms with Crippen molar-refractivity contribution in [3.05, 3.63) is 70.9 Å². The third-order valence-corrected chi connectivity index (χ3v) is 6.95. The number of rotatable bonds is 5. The lowest BCUT2D eigenvalue weighted by Crippen LogP contribution is -2.36. The number of aromatic amines is 1. The standard InChI is InChI=1S/C21H19Cl3N2O/c1-20(12-21(20,23)24)19(27)26-11-15(13-6-2-4-8-17(13)22)16-10-25-18-9-5-3-7-14(16)18/h2-10,15,25H,11-12H2,1H3,(H,26,27). The lowest BCUT2D eigenvalue weighted by atomic mass is 9.90. The number of H-pyrrole nitrogens is 1. The van der Waals surface area contributed by atoms with Gasteiger partial charge in [-0.3, -0.25) is 4.79 Å². The Morgan fingerprint density at radius 1 is 1.15 bits per heavy atom. The molecule has 2 unspecified atom stereocenters. The van der Waals surface area contributed by atoms with Crippen LogP contribution in [0.5, 0.6) is 0 Å². The minimum absolute atomic E-state index is 0.0961. The second kappa shape index (κ2) is 6.73. The van der Waals surface area contributed by atoms with E-state index in [-0.39, 0.29) is 11.8 Å². The number of halogens is 3. The zero-order valence-electron chi connectivity index (χ0n) is 14.7.